The Bertz CT molecular complexity index is 1530. The zero-order valence-corrected chi connectivity index (χ0v) is 20.8. The first-order valence-corrected chi connectivity index (χ1v) is 11.9. The smallest absolute Gasteiger partial charge is 0.297 e. The first-order chi connectivity index (χ1) is 17.8. The molecule has 1 N–H and O–H groups in total. The van der Waals surface area contributed by atoms with E-state index in [0.29, 0.717) is 17.9 Å². The number of halogens is 3. The normalized spacial score (nSPS) is 14.1. The van der Waals surface area contributed by atoms with Gasteiger partial charge in [-0.05, 0) is 42.3 Å². The van der Waals surface area contributed by atoms with Crippen molar-refractivity contribution in [3.8, 4) is 11.1 Å². The third-order valence-corrected chi connectivity index (χ3v) is 6.75. The molecule has 1 aliphatic rings. The van der Waals surface area contributed by atoms with Gasteiger partial charge < -0.3 is 5.32 Å². The van der Waals surface area contributed by atoms with E-state index in [0.717, 1.165) is 51.8 Å². The van der Waals surface area contributed by atoms with Crippen LogP contribution >= 0.6 is 0 Å². The van der Waals surface area contributed by atoms with Crippen LogP contribution in [0.2, 0.25) is 0 Å². The van der Waals surface area contributed by atoms with Crippen LogP contribution in [0.4, 0.5) is 19.0 Å². The maximum Gasteiger partial charge on any atom is 0.297 e. The molecule has 1 aliphatic heterocycles. The highest BCUT2D eigenvalue weighted by atomic mass is 19.3. The lowest BCUT2D eigenvalue weighted by atomic mass is 9.88. The Hall–Kier alpha value is -4.14. The predicted molar refractivity (Wildman–Crippen MR) is 138 cm³/mol. The number of nitrogens with zero attached hydrogens (tertiary/aromatic N) is 5. The lowest BCUT2D eigenvalue weighted by Crippen LogP contribution is -2.23. The number of aromatic nitrogens is 4. The van der Waals surface area contributed by atoms with Crippen molar-refractivity contribution in [2.75, 3.05) is 18.9 Å². The van der Waals surface area contributed by atoms with Gasteiger partial charge in [0.1, 0.15) is 31.6 Å². The molecule has 0 atom stereocenters. The predicted octanol–water partition coefficient (Wildman–Crippen LogP) is 6.06. The highest BCUT2D eigenvalue weighted by molar-refractivity contribution is 6.24. The van der Waals surface area contributed by atoms with Gasteiger partial charge in [0.25, 0.3) is 6.43 Å². The van der Waals surface area contributed by atoms with Gasteiger partial charge in [-0.15, -0.1) is 0 Å². The van der Waals surface area contributed by atoms with Crippen LogP contribution in [0.25, 0.3) is 27.6 Å². The lowest BCUT2D eigenvalue weighted by molar-refractivity contribution is -0.497. The average molecular weight is 504 g/mol. The minimum absolute atomic E-state index is 0.293. The summed E-state index contributed by atoms with van der Waals surface area (Å²) in [5, 5.41) is 4.09. The first kappa shape index (κ1) is 24.5. The molecule has 4 aromatic rings. The van der Waals surface area contributed by atoms with E-state index in [2.05, 4.69) is 56.8 Å². The largest absolute Gasteiger partial charge is 0.365 e. The molecule has 5 rings (SSSR count). The number of nitrogens with one attached hydrogen (secondary N) is 1. The summed E-state index contributed by atoms with van der Waals surface area (Å²) < 4.78 is 41.5. The number of allylic oxidation sites excluding steroid dienone is 1. The minimum Gasteiger partial charge on any atom is -0.365 e. The molecular weight excluding hydrogens is 477 g/mol. The van der Waals surface area contributed by atoms with Crippen molar-refractivity contribution >= 4 is 28.0 Å². The lowest BCUT2D eigenvalue weighted by Gasteiger charge is -2.19. The quantitative estimate of drug-likeness (QED) is 0.324. The van der Waals surface area contributed by atoms with Crippen molar-refractivity contribution < 1.29 is 17.7 Å². The van der Waals surface area contributed by atoms with Crippen molar-refractivity contribution in [2.24, 2.45) is 0 Å². The van der Waals surface area contributed by atoms with E-state index in [1.165, 1.54) is 36.4 Å². The van der Waals surface area contributed by atoms with E-state index in [-0.39, 0.29) is 5.82 Å². The molecule has 9 heteroatoms. The summed E-state index contributed by atoms with van der Waals surface area (Å²) in [6.07, 6.45) is 2.50. The number of hydrogen-bond donors (Lipinski definition) is 1. The topological polar surface area (TPSA) is 66.6 Å². The molecule has 0 saturated carbocycles. The third-order valence-electron chi connectivity index (χ3n) is 6.75. The van der Waals surface area contributed by atoms with E-state index in [1.54, 1.807) is 12.1 Å². The van der Waals surface area contributed by atoms with Gasteiger partial charge in [-0.25, -0.2) is 37.7 Å². The number of benzene rings is 2. The number of hydrogen-bond acceptors (Lipinski definition) is 5. The van der Waals surface area contributed by atoms with Crippen LogP contribution in [0.15, 0.2) is 60.7 Å². The molecule has 188 valence electrons. The van der Waals surface area contributed by atoms with Crippen LogP contribution in [-0.2, 0) is 6.54 Å². The molecule has 0 spiro atoms. The van der Waals surface area contributed by atoms with Gasteiger partial charge in [0.15, 0.2) is 11.5 Å². The van der Waals surface area contributed by atoms with Gasteiger partial charge in [-0.3, -0.25) is 0 Å². The summed E-state index contributed by atoms with van der Waals surface area (Å²) in [6.45, 7) is 5.50. The first-order valence-electron chi connectivity index (χ1n) is 11.9. The van der Waals surface area contributed by atoms with Gasteiger partial charge >= 0.3 is 0 Å². The van der Waals surface area contributed by atoms with Crippen LogP contribution in [0.3, 0.4) is 0 Å². The van der Waals surface area contributed by atoms with Crippen molar-refractivity contribution in [1.82, 2.24) is 19.9 Å². The molecule has 0 fully saturated rings. The maximum absolute atomic E-state index is 13.7. The molecule has 37 heavy (non-hydrogen) atoms. The number of anilines is 1. The Labute approximate surface area is 212 Å². The fourth-order valence-electron chi connectivity index (χ4n) is 4.62. The van der Waals surface area contributed by atoms with E-state index in [1.807, 2.05) is 6.07 Å². The average Bonchev–Trinajstić information content (AvgIpc) is 2.90. The summed E-state index contributed by atoms with van der Waals surface area (Å²) in [6, 6.07) is 10.5. The monoisotopic (exact) mass is 503 g/mol. The Kier molecular flexibility index (Phi) is 6.69. The number of rotatable bonds is 6. The SMILES string of the molecule is CC1=C(c2cc(-c3ccc(F)cc3)cc3c(NCc4cnc(C(F)F)nc4)ncnc23)C(C)=[N+](C)CC1. The highest BCUT2D eigenvalue weighted by Crippen LogP contribution is 2.36. The van der Waals surface area contributed by atoms with E-state index < -0.39 is 12.2 Å². The van der Waals surface area contributed by atoms with E-state index in [4.69, 9.17) is 0 Å². The van der Waals surface area contributed by atoms with Crippen LogP contribution in [0, 0.1) is 5.82 Å². The zero-order chi connectivity index (χ0) is 26.1. The van der Waals surface area contributed by atoms with Gasteiger partial charge in [0.05, 0.1) is 5.52 Å². The van der Waals surface area contributed by atoms with Crippen LogP contribution in [0.1, 0.15) is 43.6 Å². The van der Waals surface area contributed by atoms with E-state index in [9.17, 15) is 13.2 Å². The summed E-state index contributed by atoms with van der Waals surface area (Å²) >= 11 is 0. The maximum atomic E-state index is 13.7. The van der Waals surface area contributed by atoms with Gasteiger partial charge in [-0.1, -0.05) is 17.7 Å². The van der Waals surface area contributed by atoms with Gasteiger partial charge in [0.2, 0.25) is 0 Å². The molecule has 0 saturated heterocycles. The van der Waals surface area contributed by atoms with Crippen LogP contribution in [0.5, 0.6) is 0 Å². The Balaban J connectivity index is 1.63. The fraction of sp³-hybridized carbons (Fsp3) is 0.250. The van der Waals surface area contributed by atoms with Gasteiger partial charge in [0, 0.05) is 54.4 Å². The standard InChI is InChI=1S/C28H26F3N6/c1-16-8-9-37(3)17(2)24(16)22-10-20(19-4-6-21(29)7-5-19)11-23-25(22)35-15-36-27(23)32-12-18-13-33-28(26(30)31)34-14-18/h4-7,10-11,13-15,26H,8-9,12H2,1-3H3,(H,32,35,36)/q+1. The molecule has 0 bridgehead atoms. The second-order valence-corrected chi connectivity index (χ2v) is 9.17. The van der Waals surface area contributed by atoms with Crippen molar-refractivity contribution in [1.29, 1.82) is 0 Å². The third kappa shape index (κ3) is 4.94. The Morgan fingerprint density at radius 1 is 0.973 bits per heavy atom. The van der Waals surface area contributed by atoms with E-state index >= 15 is 0 Å². The number of fused-ring (bicyclic) bond motifs is 1. The molecule has 6 nitrogen and oxygen atoms in total. The summed E-state index contributed by atoms with van der Waals surface area (Å²) in [5.74, 6) is -0.210. The molecule has 0 aliphatic carbocycles. The zero-order valence-electron chi connectivity index (χ0n) is 20.8. The minimum atomic E-state index is -2.71. The summed E-state index contributed by atoms with van der Waals surface area (Å²) in [5.41, 5.74) is 7.76. The second kappa shape index (κ2) is 10.1. The highest BCUT2D eigenvalue weighted by Gasteiger charge is 2.25. The van der Waals surface area contributed by atoms with Crippen molar-refractivity contribution in [3.05, 3.63) is 83.5 Å². The summed E-state index contributed by atoms with van der Waals surface area (Å²) in [7, 11) is 2.08. The fourth-order valence-corrected chi connectivity index (χ4v) is 4.62. The second-order valence-electron chi connectivity index (χ2n) is 9.17. The molecular formula is C28H26F3N6+. The van der Waals surface area contributed by atoms with Gasteiger partial charge in [-0.2, -0.15) is 0 Å². The summed E-state index contributed by atoms with van der Waals surface area (Å²) in [4.78, 5) is 16.6. The van der Waals surface area contributed by atoms with Crippen molar-refractivity contribution in [3.63, 3.8) is 0 Å². The molecule has 2 aromatic heterocycles. The van der Waals surface area contributed by atoms with Crippen LogP contribution in [-0.4, -0.2) is 43.8 Å². The molecule has 0 radical (unpaired) electrons. The van der Waals surface area contributed by atoms with Crippen LogP contribution < -0.4 is 5.32 Å². The Morgan fingerprint density at radius 3 is 2.41 bits per heavy atom. The molecule has 2 aromatic carbocycles. The number of alkyl halides is 2. The Morgan fingerprint density at radius 2 is 1.70 bits per heavy atom. The molecule has 0 unspecified atom stereocenters. The molecule has 3 heterocycles. The van der Waals surface area contributed by atoms with Crippen molar-refractivity contribution in [2.45, 2.75) is 33.2 Å². The molecule has 0 amide bonds.